The minimum Gasteiger partial charge on any atom is -0.286 e. The molecule has 0 aliphatic heterocycles. The zero-order chi connectivity index (χ0) is 14.2. The Hall–Kier alpha value is -2.36. The van der Waals surface area contributed by atoms with E-state index in [2.05, 4.69) is 20.0 Å². The Kier molecular flexibility index (Phi) is 5.12. The normalized spacial score (nSPS) is 14.7. The highest BCUT2D eigenvalue weighted by Crippen LogP contribution is 2.03. The van der Waals surface area contributed by atoms with E-state index in [0.29, 0.717) is 0 Å². The topological polar surface area (TPSA) is 50.5 Å². The van der Waals surface area contributed by atoms with E-state index >= 15 is 0 Å². The summed E-state index contributed by atoms with van der Waals surface area (Å²) in [4.78, 5) is 17.4. The molecule has 0 bridgehead atoms. The van der Waals surface area contributed by atoms with Crippen LogP contribution in [0.5, 0.6) is 0 Å². The average Bonchev–Trinajstić information content (AvgIpc) is 2.52. The Morgan fingerprint density at radius 3 is 1.60 bits per heavy atom. The molecule has 4 nitrogen and oxygen atoms in total. The van der Waals surface area contributed by atoms with Gasteiger partial charge in [0.05, 0.1) is 23.5 Å². The molecule has 2 unspecified atom stereocenters. The maximum atomic E-state index is 4.48. The van der Waals surface area contributed by atoms with Gasteiger partial charge in [-0.1, -0.05) is 12.1 Å². The summed E-state index contributed by atoms with van der Waals surface area (Å²) < 4.78 is 0. The van der Waals surface area contributed by atoms with Gasteiger partial charge >= 0.3 is 0 Å². The molecule has 2 atom stereocenters. The third kappa shape index (κ3) is 4.39. The highest BCUT2D eigenvalue weighted by molar-refractivity contribution is 5.77. The molecule has 2 heterocycles. The van der Waals surface area contributed by atoms with Gasteiger partial charge in [0.2, 0.25) is 0 Å². The van der Waals surface area contributed by atoms with Gasteiger partial charge in [-0.2, -0.15) is 0 Å². The van der Waals surface area contributed by atoms with Gasteiger partial charge in [0.25, 0.3) is 0 Å². The number of pyridine rings is 2. The molecule has 4 heteroatoms. The van der Waals surface area contributed by atoms with Crippen LogP contribution in [0.25, 0.3) is 0 Å². The second-order valence-corrected chi connectivity index (χ2v) is 4.55. The first-order chi connectivity index (χ1) is 9.75. The van der Waals surface area contributed by atoms with E-state index in [4.69, 9.17) is 0 Å². The van der Waals surface area contributed by atoms with Gasteiger partial charge in [0.15, 0.2) is 0 Å². The van der Waals surface area contributed by atoms with Crippen molar-refractivity contribution in [3.63, 3.8) is 0 Å². The third-order valence-corrected chi connectivity index (χ3v) is 2.96. The van der Waals surface area contributed by atoms with E-state index in [9.17, 15) is 0 Å². The summed E-state index contributed by atoms with van der Waals surface area (Å²) in [6.45, 7) is 4.08. The van der Waals surface area contributed by atoms with Crippen molar-refractivity contribution in [2.45, 2.75) is 25.9 Å². The molecule has 102 valence electrons. The van der Waals surface area contributed by atoms with Crippen LogP contribution in [0.1, 0.15) is 25.2 Å². The van der Waals surface area contributed by atoms with E-state index in [1.54, 1.807) is 24.8 Å². The molecule has 2 aromatic heterocycles. The smallest absolute Gasteiger partial charge is 0.0807 e. The summed E-state index contributed by atoms with van der Waals surface area (Å²) in [5.41, 5.74) is 1.72. The van der Waals surface area contributed by atoms with Crippen LogP contribution < -0.4 is 0 Å². The summed E-state index contributed by atoms with van der Waals surface area (Å²) in [6.07, 6.45) is 7.10. The lowest BCUT2D eigenvalue weighted by atomic mass is 10.2. The second kappa shape index (κ2) is 7.28. The predicted octanol–water partition coefficient (Wildman–Crippen LogP) is 2.79. The van der Waals surface area contributed by atoms with E-state index in [0.717, 1.165) is 11.4 Å². The first-order valence-corrected chi connectivity index (χ1v) is 6.64. The third-order valence-electron chi connectivity index (χ3n) is 2.96. The molecule has 0 aromatic carbocycles. The first kappa shape index (κ1) is 14.1. The van der Waals surface area contributed by atoms with Crippen molar-refractivity contribution < 1.29 is 0 Å². The van der Waals surface area contributed by atoms with Crippen molar-refractivity contribution >= 4 is 12.4 Å². The number of hydrogen-bond donors (Lipinski definition) is 0. The van der Waals surface area contributed by atoms with Crippen LogP contribution in [0.15, 0.2) is 58.8 Å². The monoisotopic (exact) mass is 266 g/mol. The van der Waals surface area contributed by atoms with Gasteiger partial charge in [-0.3, -0.25) is 20.0 Å². The van der Waals surface area contributed by atoms with Gasteiger partial charge in [0, 0.05) is 24.8 Å². The van der Waals surface area contributed by atoms with Crippen molar-refractivity contribution in [3.8, 4) is 0 Å². The lowest BCUT2D eigenvalue weighted by Gasteiger charge is -2.10. The Bertz CT molecular complexity index is 510. The van der Waals surface area contributed by atoms with Crippen LogP contribution in [0.3, 0.4) is 0 Å². The van der Waals surface area contributed by atoms with Crippen molar-refractivity contribution in [2.75, 3.05) is 0 Å². The van der Waals surface area contributed by atoms with Crippen LogP contribution in [0.2, 0.25) is 0 Å². The Labute approximate surface area is 119 Å². The maximum absolute atomic E-state index is 4.48. The largest absolute Gasteiger partial charge is 0.286 e. The van der Waals surface area contributed by atoms with Crippen molar-refractivity contribution in [2.24, 2.45) is 9.98 Å². The fraction of sp³-hybridized carbons (Fsp3) is 0.250. The van der Waals surface area contributed by atoms with Gasteiger partial charge in [-0.15, -0.1) is 0 Å². The summed E-state index contributed by atoms with van der Waals surface area (Å²) >= 11 is 0. The summed E-state index contributed by atoms with van der Waals surface area (Å²) in [5.74, 6) is 0. The van der Waals surface area contributed by atoms with E-state index in [1.165, 1.54) is 0 Å². The lowest BCUT2D eigenvalue weighted by Crippen LogP contribution is -2.16. The van der Waals surface area contributed by atoms with Crippen LogP contribution in [0, 0.1) is 0 Å². The average molecular weight is 266 g/mol. The van der Waals surface area contributed by atoms with Crippen molar-refractivity contribution in [1.29, 1.82) is 0 Å². The zero-order valence-corrected chi connectivity index (χ0v) is 11.7. The fourth-order valence-corrected chi connectivity index (χ4v) is 1.54. The lowest BCUT2D eigenvalue weighted by molar-refractivity contribution is 0.612. The first-order valence-electron chi connectivity index (χ1n) is 6.64. The maximum Gasteiger partial charge on any atom is 0.0807 e. The van der Waals surface area contributed by atoms with E-state index in [1.807, 2.05) is 50.2 Å². The molecule has 2 rings (SSSR count). The van der Waals surface area contributed by atoms with Crippen LogP contribution in [-0.2, 0) is 0 Å². The number of rotatable bonds is 5. The highest BCUT2D eigenvalue weighted by Gasteiger charge is 2.07. The number of aliphatic imine (C=N–C) groups is 2. The molecule has 0 saturated carbocycles. The Morgan fingerprint density at radius 2 is 1.25 bits per heavy atom. The summed E-state index contributed by atoms with van der Waals surface area (Å²) in [7, 11) is 0. The quantitative estimate of drug-likeness (QED) is 0.781. The molecule has 20 heavy (non-hydrogen) atoms. The highest BCUT2D eigenvalue weighted by atomic mass is 14.9. The molecule has 2 aromatic rings. The molecular weight excluding hydrogens is 248 g/mol. The van der Waals surface area contributed by atoms with Gasteiger partial charge in [-0.05, 0) is 38.1 Å². The molecule has 0 saturated heterocycles. The second-order valence-electron chi connectivity index (χ2n) is 4.55. The van der Waals surface area contributed by atoms with Crippen LogP contribution in [0.4, 0.5) is 0 Å². The minimum atomic E-state index is 0.0944. The summed E-state index contributed by atoms with van der Waals surface area (Å²) in [5, 5.41) is 0. The predicted molar refractivity (Wildman–Crippen MR) is 82.6 cm³/mol. The Balaban J connectivity index is 1.94. The van der Waals surface area contributed by atoms with Crippen LogP contribution >= 0.6 is 0 Å². The minimum absolute atomic E-state index is 0.0944. The molecule has 0 radical (unpaired) electrons. The number of hydrogen-bond acceptors (Lipinski definition) is 4. The molecular formula is C16H18N4. The van der Waals surface area contributed by atoms with E-state index in [-0.39, 0.29) is 12.1 Å². The summed E-state index contributed by atoms with van der Waals surface area (Å²) in [6, 6.07) is 11.7. The zero-order valence-electron chi connectivity index (χ0n) is 11.7. The molecule has 0 fully saturated rings. The Morgan fingerprint density at radius 1 is 0.800 bits per heavy atom. The number of nitrogens with zero attached hydrogens (tertiary/aromatic N) is 4. The molecule has 0 aliphatic carbocycles. The van der Waals surface area contributed by atoms with Crippen LogP contribution in [-0.4, -0.2) is 34.5 Å². The molecule has 0 amide bonds. The SMILES string of the molecule is CC(N=Cc1ccccn1)C(C)N=Cc1ccccn1. The van der Waals surface area contributed by atoms with Gasteiger partial charge < -0.3 is 0 Å². The fourth-order valence-electron chi connectivity index (χ4n) is 1.54. The molecule has 0 N–H and O–H groups in total. The molecule has 0 spiro atoms. The van der Waals surface area contributed by atoms with Gasteiger partial charge in [-0.25, -0.2) is 0 Å². The van der Waals surface area contributed by atoms with Crippen molar-refractivity contribution in [3.05, 3.63) is 60.2 Å². The van der Waals surface area contributed by atoms with Gasteiger partial charge in [0.1, 0.15) is 0 Å². The standard InChI is InChI=1S/C16H18N4/c1-13(19-11-15-7-3-5-9-17-15)14(2)20-12-16-8-4-6-10-18-16/h3-14H,1-2H3. The molecule has 0 aliphatic rings. The number of aromatic nitrogens is 2. The van der Waals surface area contributed by atoms with E-state index < -0.39 is 0 Å². The van der Waals surface area contributed by atoms with Crippen molar-refractivity contribution in [1.82, 2.24) is 9.97 Å².